The molecule has 0 aromatic carbocycles. The van der Waals surface area contributed by atoms with Crippen LogP contribution in [0.3, 0.4) is 0 Å². The zero-order valence-electron chi connectivity index (χ0n) is 12.3. The van der Waals surface area contributed by atoms with E-state index in [1.54, 1.807) is 6.26 Å². The van der Waals surface area contributed by atoms with Gasteiger partial charge in [-0.3, -0.25) is 4.90 Å². The molecule has 0 aliphatic rings. The van der Waals surface area contributed by atoms with Gasteiger partial charge in [-0.15, -0.1) is 0 Å². The molecule has 3 heteroatoms. The van der Waals surface area contributed by atoms with Gasteiger partial charge in [0.25, 0.3) is 0 Å². The Bertz CT molecular complexity index is 320. The summed E-state index contributed by atoms with van der Waals surface area (Å²) in [5.41, 5.74) is 1.28. The van der Waals surface area contributed by atoms with Crippen molar-refractivity contribution in [2.24, 2.45) is 0 Å². The number of hydrogen-bond donors (Lipinski definition) is 1. The van der Waals surface area contributed by atoms with Crippen molar-refractivity contribution in [1.82, 2.24) is 10.2 Å². The standard InChI is InChI=1S/C15H28N2O/c1-5-6-7-9-17(4)12-15-14(8-10-18-15)11-16-13(2)3/h8,10,13,16H,5-7,9,11-12H2,1-4H3. The van der Waals surface area contributed by atoms with Gasteiger partial charge < -0.3 is 9.73 Å². The third kappa shape index (κ3) is 5.69. The van der Waals surface area contributed by atoms with E-state index in [0.29, 0.717) is 6.04 Å². The summed E-state index contributed by atoms with van der Waals surface area (Å²) in [4.78, 5) is 2.34. The SMILES string of the molecule is CCCCCN(C)Cc1occc1CNC(C)C. The van der Waals surface area contributed by atoms with Gasteiger partial charge in [0.05, 0.1) is 12.8 Å². The molecule has 1 N–H and O–H groups in total. The van der Waals surface area contributed by atoms with Crippen LogP contribution in [-0.2, 0) is 13.1 Å². The van der Waals surface area contributed by atoms with Crippen molar-refractivity contribution in [1.29, 1.82) is 0 Å². The Balaban J connectivity index is 2.38. The number of furan rings is 1. The fourth-order valence-electron chi connectivity index (χ4n) is 1.93. The summed E-state index contributed by atoms with van der Waals surface area (Å²) < 4.78 is 5.59. The van der Waals surface area contributed by atoms with Crippen molar-refractivity contribution in [2.75, 3.05) is 13.6 Å². The van der Waals surface area contributed by atoms with E-state index in [-0.39, 0.29) is 0 Å². The third-order valence-corrected chi connectivity index (χ3v) is 3.10. The Morgan fingerprint density at radius 2 is 2.11 bits per heavy atom. The minimum absolute atomic E-state index is 0.509. The Morgan fingerprint density at radius 3 is 2.78 bits per heavy atom. The lowest BCUT2D eigenvalue weighted by molar-refractivity contribution is 0.286. The maximum absolute atomic E-state index is 5.59. The number of hydrogen-bond acceptors (Lipinski definition) is 3. The van der Waals surface area contributed by atoms with Gasteiger partial charge in [-0.25, -0.2) is 0 Å². The zero-order valence-corrected chi connectivity index (χ0v) is 12.3. The number of nitrogens with one attached hydrogen (secondary N) is 1. The van der Waals surface area contributed by atoms with Crippen LogP contribution in [0.25, 0.3) is 0 Å². The number of nitrogens with zero attached hydrogens (tertiary/aromatic N) is 1. The Kier molecular flexibility index (Phi) is 7.06. The topological polar surface area (TPSA) is 28.4 Å². The van der Waals surface area contributed by atoms with Crippen molar-refractivity contribution < 1.29 is 4.42 Å². The highest BCUT2D eigenvalue weighted by Gasteiger charge is 2.09. The first-order valence-electron chi connectivity index (χ1n) is 7.10. The molecule has 1 rings (SSSR count). The molecule has 0 saturated carbocycles. The zero-order chi connectivity index (χ0) is 13.4. The van der Waals surface area contributed by atoms with Crippen LogP contribution in [0.5, 0.6) is 0 Å². The normalized spacial score (nSPS) is 11.7. The van der Waals surface area contributed by atoms with Gasteiger partial charge >= 0.3 is 0 Å². The maximum Gasteiger partial charge on any atom is 0.122 e. The molecule has 3 nitrogen and oxygen atoms in total. The van der Waals surface area contributed by atoms with Crippen molar-refractivity contribution in [3.8, 4) is 0 Å². The third-order valence-electron chi connectivity index (χ3n) is 3.10. The molecule has 0 unspecified atom stereocenters. The monoisotopic (exact) mass is 252 g/mol. The molecular weight excluding hydrogens is 224 g/mol. The highest BCUT2D eigenvalue weighted by Crippen LogP contribution is 2.13. The lowest BCUT2D eigenvalue weighted by Crippen LogP contribution is -2.23. The van der Waals surface area contributed by atoms with Crippen LogP contribution in [0.1, 0.15) is 51.4 Å². The predicted octanol–water partition coefficient (Wildman–Crippen LogP) is 3.40. The van der Waals surface area contributed by atoms with Crippen LogP contribution in [-0.4, -0.2) is 24.5 Å². The molecule has 0 bridgehead atoms. The maximum atomic E-state index is 5.59. The van der Waals surface area contributed by atoms with Crippen molar-refractivity contribution in [3.63, 3.8) is 0 Å². The van der Waals surface area contributed by atoms with Gasteiger partial charge in [0, 0.05) is 18.2 Å². The molecule has 0 amide bonds. The molecular formula is C15H28N2O. The smallest absolute Gasteiger partial charge is 0.122 e. The highest BCUT2D eigenvalue weighted by molar-refractivity contribution is 5.16. The lowest BCUT2D eigenvalue weighted by atomic mass is 10.2. The van der Waals surface area contributed by atoms with Crippen molar-refractivity contribution in [2.45, 2.75) is 59.2 Å². The van der Waals surface area contributed by atoms with Crippen LogP contribution in [0.4, 0.5) is 0 Å². The average molecular weight is 252 g/mol. The van der Waals surface area contributed by atoms with Crippen molar-refractivity contribution >= 4 is 0 Å². The summed E-state index contributed by atoms with van der Waals surface area (Å²) in [7, 11) is 2.16. The minimum atomic E-state index is 0.509. The van der Waals surface area contributed by atoms with E-state index in [2.05, 4.69) is 44.1 Å². The summed E-state index contributed by atoms with van der Waals surface area (Å²) in [6.07, 6.45) is 5.66. The molecule has 1 aromatic heterocycles. The summed E-state index contributed by atoms with van der Waals surface area (Å²) in [5, 5.41) is 3.44. The fraction of sp³-hybridized carbons (Fsp3) is 0.733. The second kappa shape index (κ2) is 8.33. The molecule has 0 atom stereocenters. The van der Waals surface area contributed by atoms with E-state index in [1.165, 1.54) is 24.8 Å². The molecule has 0 aliphatic carbocycles. The second-order valence-electron chi connectivity index (χ2n) is 5.35. The van der Waals surface area contributed by atoms with Gasteiger partial charge in [-0.1, -0.05) is 33.6 Å². The van der Waals surface area contributed by atoms with E-state index in [1.807, 2.05) is 0 Å². The fourth-order valence-corrected chi connectivity index (χ4v) is 1.93. The van der Waals surface area contributed by atoms with Gasteiger partial charge in [0.15, 0.2) is 0 Å². The first kappa shape index (κ1) is 15.3. The summed E-state index contributed by atoms with van der Waals surface area (Å²) in [6, 6.07) is 2.58. The highest BCUT2D eigenvalue weighted by atomic mass is 16.3. The first-order chi connectivity index (χ1) is 8.63. The molecule has 104 valence electrons. The van der Waals surface area contributed by atoms with Gasteiger partial charge in [0.1, 0.15) is 5.76 Å². The van der Waals surface area contributed by atoms with Crippen LogP contribution < -0.4 is 5.32 Å². The van der Waals surface area contributed by atoms with Crippen LogP contribution in [0, 0.1) is 0 Å². The van der Waals surface area contributed by atoms with Crippen LogP contribution in [0.15, 0.2) is 16.7 Å². The summed E-state index contributed by atoms with van der Waals surface area (Å²) in [6.45, 7) is 9.51. The lowest BCUT2D eigenvalue weighted by Gasteiger charge is -2.16. The summed E-state index contributed by atoms with van der Waals surface area (Å²) in [5.74, 6) is 1.10. The van der Waals surface area contributed by atoms with Gasteiger partial charge in [0.2, 0.25) is 0 Å². The van der Waals surface area contributed by atoms with E-state index >= 15 is 0 Å². The molecule has 1 heterocycles. The van der Waals surface area contributed by atoms with E-state index < -0.39 is 0 Å². The van der Waals surface area contributed by atoms with Crippen LogP contribution in [0.2, 0.25) is 0 Å². The van der Waals surface area contributed by atoms with Gasteiger partial charge in [-0.05, 0) is 26.1 Å². The largest absolute Gasteiger partial charge is 0.468 e. The van der Waals surface area contributed by atoms with E-state index in [9.17, 15) is 0 Å². The molecule has 0 fully saturated rings. The molecule has 1 aromatic rings. The summed E-state index contributed by atoms with van der Waals surface area (Å²) >= 11 is 0. The molecule has 18 heavy (non-hydrogen) atoms. The number of rotatable bonds is 9. The molecule has 0 aliphatic heterocycles. The predicted molar refractivity (Wildman–Crippen MR) is 76.5 cm³/mol. The first-order valence-corrected chi connectivity index (χ1v) is 7.10. The average Bonchev–Trinajstić information content (AvgIpc) is 2.74. The Labute approximate surface area is 112 Å². The van der Waals surface area contributed by atoms with E-state index in [0.717, 1.165) is 25.4 Å². The molecule has 0 saturated heterocycles. The van der Waals surface area contributed by atoms with Gasteiger partial charge in [-0.2, -0.15) is 0 Å². The Morgan fingerprint density at radius 1 is 1.33 bits per heavy atom. The quantitative estimate of drug-likeness (QED) is 0.683. The Hall–Kier alpha value is -0.800. The molecule has 0 radical (unpaired) electrons. The molecule has 0 spiro atoms. The van der Waals surface area contributed by atoms with E-state index in [4.69, 9.17) is 4.42 Å². The minimum Gasteiger partial charge on any atom is -0.468 e. The van der Waals surface area contributed by atoms with Crippen LogP contribution >= 0.6 is 0 Å². The number of unbranched alkanes of at least 4 members (excludes halogenated alkanes) is 2. The second-order valence-corrected chi connectivity index (χ2v) is 5.35. The van der Waals surface area contributed by atoms with Crippen molar-refractivity contribution in [3.05, 3.63) is 23.7 Å².